The molecule has 0 atom stereocenters. The zero-order valence-electron chi connectivity index (χ0n) is 9.55. The van der Waals surface area contributed by atoms with Crippen molar-refractivity contribution >= 4 is 22.6 Å². The summed E-state index contributed by atoms with van der Waals surface area (Å²) in [6.45, 7) is 0.0277. The molecule has 90 valence electrons. The molecule has 3 aromatic rings. The minimum absolute atomic E-state index is 0.0277. The van der Waals surface area contributed by atoms with E-state index in [2.05, 4.69) is 4.98 Å². The Morgan fingerprint density at radius 3 is 2.83 bits per heavy atom. The number of aromatic nitrogens is 2. The molecule has 0 aliphatic carbocycles. The molecule has 1 heterocycles. The van der Waals surface area contributed by atoms with Gasteiger partial charge in [-0.3, -0.25) is 4.57 Å². The summed E-state index contributed by atoms with van der Waals surface area (Å²) in [5, 5.41) is 9.80. The Hall–Kier alpha value is -1.84. The number of aliphatic hydroxyl groups excluding tert-OH is 1. The highest BCUT2D eigenvalue weighted by Gasteiger charge is 2.05. The molecule has 0 aliphatic heterocycles. The Balaban J connectivity index is 2.18. The predicted molar refractivity (Wildman–Crippen MR) is 72.0 cm³/mol. The number of rotatable bonds is 2. The van der Waals surface area contributed by atoms with E-state index in [1.807, 2.05) is 47.0 Å². The van der Waals surface area contributed by atoms with Gasteiger partial charge in [-0.25, -0.2) is 4.98 Å². The number of imidazole rings is 1. The quantitative estimate of drug-likeness (QED) is 0.767. The fraction of sp³-hybridized carbons (Fsp3) is 0.0714. The fourth-order valence-electron chi connectivity index (χ4n) is 1.99. The standard InChI is InChI=1S/C14H11ClN2O/c15-11-2-1-3-12(7-11)17-9-16-13-6-10(8-18)4-5-14(13)17/h1-7,9,18H,8H2. The number of benzene rings is 2. The molecule has 0 spiro atoms. The van der Waals surface area contributed by atoms with Crippen molar-refractivity contribution in [1.29, 1.82) is 0 Å². The summed E-state index contributed by atoms with van der Waals surface area (Å²) in [5.41, 5.74) is 3.69. The average molecular weight is 259 g/mol. The third-order valence-corrected chi connectivity index (χ3v) is 3.12. The van der Waals surface area contributed by atoms with E-state index < -0.39 is 0 Å². The van der Waals surface area contributed by atoms with Gasteiger partial charge in [0.15, 0.2) is 0 Å². The van der Waals surface area contributed by atoms with E-state index in [1.54, 1.807) is 6.33 Å². The maximum absolute atomic E-state index is 9.11. The van der Waals surface area contributed by atoms with Gasteiger partial charge in [0.05, 0.1) is 17.6 Å². The Kier molecular flexibility index (Phi) is 2.78. The summed E-state index contributed by atoms with van der Waals surface area (Å²) < 4.78 is 1.97. The SMILES string of the molecule is OCc1ccc2c(c1)ncn2-c1cccc(Cl)c1. The van der Waals surface area contributed by atoms with Crippen molar-refractivity contribution < 1.29 is 5.11 Å². The van der Waals surface area contributed by atoms with E-state index in [-0.39, 0.29) is 6.61 Å². The molecule has 0 amide bonds. The largest absolute Gasteiger partial charge is 0.392 e. The van der Waals surface area contributed by atoms with Crippen molar-refractivity contribution in [3.05, 3.63) is 59.4 Å². The summed E-state index contributed by atoms with van der Waals surface area (Å²) in [4.78, 5) is 4.34. The van der Waals surface area contributed by atoms with Crippen molar-refractivity contribution in [2.75, 3.05) is 0 Å². The van der Waals surface area contributed by atoms with Crippen LogP contribution in [-0.4, -0.2) is 14.7 Å². The molecule has 1 aromatic heterocycles. The average Bonchev–Trinajstić information content (AvgIpc) is 2.81. The van der Waals surface area contributed by atoms with Gasteiger partial charge in [-0.05, 0) is 35.9 Å². The Morgan fingerprint density at radius 2 is 2.06 bits per heavy atom. The first-order chi connectivity index (χ1) is 8.78. The van der Waals surface area contributed by atoms with Crippen LogP contribution in [0, 0.1) is 0 Å². The van der Waals surface area contributed by atoms with Crippen LogP contribution in [0.4, 0.5) is 0 Å². The monoisotopic (exact) mass is 258 g/mol. The van der Waals surface area contributed by atoms with E-state index in [0.717, 1.165) is 22.3 Å². The molecule has 3 nitrogen and oxygen atoms in total. The number of hydrogen-bond donors (Lipinski definition) is 1. The maximum atomic E-state index is 9.11. The van der Waals surface area contributed by atoms with Crippen molar-refractivity contribution in [3.63, 3.8) is 0 Å². The molecule has 4 heteroatoms. The van der Waals surface area contributed by atoms with E-state index >= 15 is 0 Å². The second-order valence-corrected chi connectivity index (χ2v) is 4.51. The van der Waals surface area contributed by atoms with Crippen LogP contribution in [0.5, 0.6) is 0 Å². The van der Waals surface area contributed by atoms with E-state index in [4.69, 9.17) is 16.7 Å². The Morgan fingerprint density at radius 1 is 1.17 bits per heavy atom. The molecule has 0 unspecified atom stereocenters. The Labute approximate surface area is 109 Å². The number of aliphatic hydroxyl groups is 1. The fourth-order valence-corrected chi connectivity index (χ4v) is 2.17. The molecule has 0 aliphatic rings. The first kappa shape index (κ1) is 11.3. The van der Waals surface area contributed by atoms with E-state index in [9.17, 15) is 0 Å². The van der Waals surface area contributed by atoms with Crippen LogP contribution >= 0.6 is 11.6 Å². The van der Waals surface area contributed by atoms with Crippen molar-refractivity contribution in [2.24, 2.45) is 0 Å². The molecule has 0 saturated carbocycles. The van der Waals surface area contributed by atoms with Gasteiger partial charge in [0.2, 0.25) is 0 Å². The predicted octanol–water partition coefficient (Wildman–Crippen LogP) is 3.17. The lowest BCUT2D eigenvalue weighted by molar-refractivity contribution is 0.282. The first-order valence-electron chi connectivity index (χ1n) is 5.61. The van der Waals surface area contributed by atoms with Gasteiger partial charge in [0.1, 0.15) is 6.33 Å². The second-order valence-electron chi connectivity index (χ2n) is 4.08. The van der Waals surface area contributed by atoms with Crippen LogP contribution in [0.1, 0.15) is 5.56 Å². The molecular weight excluding hydrogens is 248 g/mol. The highest BCUT2D eigenvalue weighted by molar-refractivity contribution is 6.30. The van der Waals surface area contributed by atoms with Gasteiger partial charge in [0, 0.05) is 10.7 Å². The van der Waals surface area contributed by atoms with Gasteiger partial charge in [-0.2, -0.15) is 0 Å². The van der Waals surface area contributed by atoms with Crippen LogP contribution in [0.15, 0.2) is 48.8 Å². The molecule has 0 saturated heterocycles. The van der Waals surface area contributed by atoms with Gasteiger partial charge in [-0.15, -0.1) is 0 Å². The molecular formula is C14H11ClN2O. The summed E-state index contributed by atoms with van der Waals surface area (Å²) in [6, 6.07) is 13.4. The topological polar surface area (TPSA) is 38.1 Å². The van der Waals surface area contributed by atoms with Gasteiger partial charge in [0.25, 0.3) is 0 Å². The molecule has 18 heavy (non-hydrogen) atoms. The highest BCUT2D eigenvalue weighted by atomic mass is 35.5. The lowest BCUT2D eigenvalue weighted by Gasteiger charge is -2.04. The number of nitrogens with zero attached hydrogens (tertiary/aromatic N) is 2. The molecule has 0 fully saturated rings. The second kappa shape index (κ2) is 4.44. The lowest BCUT2D eigenvalue weighted by atomic mass is 10.2. The van der Waals surface area contributed by atoms with Crippen molar-refractivity contribution in [2.45, 2.75) is 6.61 Å². The number of hydrogen-bond acceptors (Lipinski definition) is 2. The van der Waals surface area contributed by atoms with Gasteiger partial charge in [-0.1, -0.05) is 23.7 Å². The smallest absolute Gasteiger partial charge is 0.100 e. The zero-order chi connectivity index (χ0) is 12.5. The highest BCUT2D eigenvalue weighted by Crippen LogP contribution is 2.21. The van der Waals surface area contributed by atoms with Gasteiger partial charge >= 0.3 is 0 Å². The summed E-state index contributed by atoms with van der Waals surface area (Å²) in [7, 11) is 0. The number of halogens is 1. The van der Waals surface area contributed by atoms with Crippen molar-refractivity contribution in [3.8, 4) is 5.69 Å². The third-order valence-electron chi connectivity index (χ3n) is 2.88. The first-order valence-corrected chi connectivity index (χ1v) is 5.98. The third kappa shape index (κ3) is 1.88. The molecule has 2 aromatic carbocycles. The zero-order valence-corrected chi connectivity index (χ0v) is 10.3. The van der Waals surface area contributed by atoms with Crippen LogP contribution in [0.3, 0.4) is 0 Å². The normalized spacial score (nSPS) is 11.0. The van der Waals surface area contributed by atoms with Crippen LogP contribution in [0.25, 0.3) is 16.7 Å². The molecule has 1 N–H and O–H groups in total. The van der Waals surface area contributed by atoms with Crippen LogP contribution in [0.2, 0.25) is 5.02 Å². The van der Waals surface area contributed by atoms with Gasteiger partial charge < -0.3 is 5.11 Å². The van der Waals surface area contributed by atoms with E-state index in [1.165, 1.54) is 0 Å². The van der Waals surface area contributed by atoms with Crippen molar-refractivity contribution in [1.82, 2.24) is 9.55 Å². The van der Waals surface area contributed by atoms with E-state index in [0.29, 0.717) is 5.02 Å². The Bertz CT molecular complexity index is 706. The summed E-state index contributed by atoms with van der Waals surface area (Å²) >= 11 is 5.99. The molecule has 0 bridgehead atoms. The molecule has 3 rings (SSSR count). The summed E-state index contributed by atoms with van der Waals surface area (Å²) in [6.07, 6.45) is 1.76. The number of fused-ring (bicyclic) bond motifs is 1. The minimum Gasteiger partial charge on any atom is -0.392 e. The summed E-state index contributed by atoms with van der Waals surface area (Å²) in [5.74, 6) is 0. The van der Waals surface area contributed by atoms with Crippen LogP contribution in [-0.2, 0) is 6.61 Å². The van der Waals surface area contributed by atoms with Crippen LogP contribution < -0.4 is 0 Å². The maximum Gasteiger partial charge on any atom is 0.100 e. The minimum atomic E-state index is 0.0277. The molecule has 0 radical (unpaired) electrons. The lowest BCUT2D eigenvalue weighted by Crippen LogP contribution is -1.91.